The second kappa shape index (κ2) is 6.63. The predicted octanol–water partition coefficient (Wildman–Crippen LogP) is 4.54. The van der Waals surface area contributed by atoms with E-state index in [0.717, 1.165) is 5.56 Å². The van der Waals surface area contributed by atoms with Crippen molar-refractivity contribution >= 4 is 23.2 Å². The Kier molecular flexibility index (Phi) is 4.55. The van der Waals surface area contributed by atoms with E-state index in [1.807, 2.05) is 13.0 Å². The van der Waals surface area contributed by atoms with Crippen LogP contribution in [-0.4, -0.2) is 27.4 Å². The maximum Gasteiger partial charge on any atom is 0.161 e. The molecule has 0 aliphatic rings. The molecule has 0 saturated heterocycles. The molecule has 122 valence electrons. The Hall–Kier alpha value is -2.37. The van der Waals surface area contributed by atoms with Crippen molar-refractivity contribution in [3.63, 3.8) is 0 Å². The van der Waals surface area contributed by atoms with Gasteiger partial charge in [-0.25, -0.2) is 0 Å². The molecule has 3 rings (SSSR count). The number of aromatic nitrogens is 3. The van der Waals surface area contributed by atoms with Crippen LogP contribution in [0.3, 0.4) is 0 Å². The quantitative estimate of drug-likeness (QED) is 0.741. The van der Waals surface area contributed by atoms with Crippen LogP contribution in [-0.2, 0) is 0 Å². The van der Waals surface area contributed by atoms with E-state index in [9.17, 15) is 5.11 Å². The summed E-state index contributed by atoms with van der Waals surface area (Å²) in [7, 11) is 1.54. The first kappa shape index (κ1) is 16.5. The van der Waals surface area contributed by atoms with Crippen molar-refractivity contribution in [3.05, 3.63) is 52.4 Å². The first-order valence-corrected chi connectivity index (χ1v) is 7.79. The molecule has 0 amide bonds. The fraction of sp³-hybridized carbons (Fsp3) is 0.118. The smallest absolute Gasteiger partial charge is 0.161 e. The Labute approximate surface area is 148 Å². The molecule has 7 heteroatoms. The first-order valence-electron chi connectivity index (χ1n) is 7.03. The molecule has 2 heterocycles. The van der Waals surface area contributed by atoms with E-state index in [1.54, 1.807) is 30.5 Å². The van der Waals surface area contributed by atoms with E-state index >= 15 is 0 Å². The Morgan fingerprint density at radius 3 is 2.54 bits per heavy atom. The van der Waals surface area contributed by atoms with Crippen LogP contribution in [0.4, 0.5) is 0 Å². The van der Waals surface area contributed by atoms with Crippen LogP contribution in [0.25, 0.3) is 22.4 Å². The van der Waals surface area contributed by atoms with Crippen LogP contribution in [0.2, 0.25) is 10.2 Å². The average Bonchev–Trinajstić information content (AvgIpc) is 2.57. The molecule has 1 N–H and O–H groups in total. The fourth-order valence-electron chi connectivity index (χ4n) is 2.45. The van der Waals surface area contributed by atoms with Crippen molar-refractivity contribution in [3.8, 4) is 33.9 Å². The van der Waals surface area contributed by atoms with Gasteiger partial charge in [0.25, 0.3) is 0 Å². The van der Waals surface area contributed by atoms with Gasteiger partial charge in [0.15, 0.2) is 5.15 Å². The standard InChI is InChI=1S/C17H13Cl2N3O2/c1-9-14(10-4-3-5-11(23)6-10)15(17(19)22-21-9)16-13(18)7-12(24-2)8-20-16/h3-8,23H,1-2H3. The zero-order valence-corrected chi connectivity index (χ0v) is 14.4. The molecule has 3 aromatic rings. The number of halogens is 2. The van der Waals surface area contributed by atoms with Crippen molar-refractivity contribution in [2.24, 2.45) is 0 Å². The topological polar surface area (TPSA) is 68.1 Å². The number of aromatic hydroxyl groups is 1. The summed E-state index contributed by atoms with van der Waals surface area (Å²) in [5.41, 5.74) is 3.13. The van der Waals surface area contributed by atoms with Gasteiger partial charge < -0.3 is 9.84 Å². The summed E-state index contributed by atoms with van der Waals surface area (Å²) in [6.07, 6.45) is 1.56. The van der Waals surface area contributed by atoms with Crippen molar-refractivity contribution in [2.45, 2.75) is 6.92 Å². The van der Waals surface area contributed by atoms with Crippen molar-refractivity contribution in [1.29, 1.82) is 0 Å². The molecule has 0 bridgehead atoms. The van der Waals surface area contributed by atoms with E-state index in [1.165, 1.54) is 7.11 Å². The minimum atomic E-state index is 0.138. The van der Waals surface area contributed by atoms with E-state index in [-0.39, 0.29) is 10.9 Å². The number of rotatable bonds is 3. The molecule has 0 aliphatic heterocycles. The monoisotopic (exact) mass is 361 g/mol. The normalized spacial score (nSPS) is 10.7. The summed E-state index contributed by atoms with van der Waals surface area (Å²) < 4.78 is 5.13. The van der Waals surface area contributed by atoms with Gasteiger partial charge >= 0.3 is 0 Å². The molecule has 0 saturated carbocycles. The van der Waals surface area contributed by atoms with Crippen LogP contribution in [0.5, 0.6) is 11.5 Å². The van der Waals surface area contributed by atoms with Gasteiger partial charge in [0.2, 0.25) is 0 Å². The van der Waals surface area contributed by atoms with E-state index in [0.29, 0.717) is 33.3 Å². The molecule has 0 unspecified atom stereocenters. The largest absolute Gasteiger partial charge is 0.508 e. The lowest BCUT2D eigenvalue weighted by Crippen LogP contribution is -1.99. The van der Waals surface area contributed by atoms with Gasteiger partial charge in [0.05, 0.1) is 35.3 Å². The van der Waals surface area contributed by atoms with Gasteiger partial charge in [0, 0.05) is 11.6 Å². The molecule has 2 aromatic heterocycles. The highest BCUT2D eigenvalue weighted by Crippen LogP contribution is 2.41. The Bertz CT molecular complexity index is 916. The van der Waals surface area contributed by atoms with Crippen molar-refractivity contribution in [2.75, 3.05) is 7.11 Å². The van der Waals surface area contributed by atoms with Crippen LogP contribution >= 0.6 is 23.2 Å². The number of ether oxygens (including phenoxy) is 1. The number of phenols is 1. The van der Waals surface area contributed by atoms with E-state index in [4.69, 9.17) is 27.9 Å². The van der Waals surface area contributed by atoms with E-state index < -0.39 is 0 Å². The Balaban J connectivity index is 2.31. The Morgan fingerprint density at radius 2 is 1.88 bits per heavy atom. The van der Waals surface area contributed by atoms with E-state index in [2.05, 4.69) is 15.2 Å². The summed E-state index contributed by atoms with van der Waals surface area (Å²) in [5, 5.41) is 18.4. The second-order valence-electron chi connectivity index (χ2n) is 5.08. The van der Waals surface area contributed by atoms with Crippen molar-refractivity contribution in [1.82, 2.24) is 15.2 Å². The van der Waals surface area contributed by atoms with Gasteiger partial charge in [0.1, 0.15) is 11.5 Å². The number of benzene rings is 1. The lowest BCUT2D eigenvalue weighted by atomic mass is 9.97. The molecule has 0 spiro atoms. The summed E-state index contributed by atoms with van der Waals surface area (Å²) in [5.74, 6) is 0.678. The maximum atomic E-state index is 9.79. The summed E-state index contributed by atoms with van der Waals surface area (Å²) in [4.78, 5) is 4.36. The highest BCUT2D eigenvalue weighted by molar-refractivity contribution is 6.36. The van der Waals surface area contributed by atoms with Gasteiger partial charge in [-0.05, 0) is 24.6 Å². The molecular weight excluding hydrogens is 349 g/mol. The number of pyridine rings is 1. The molecule has 0 fully saturated rings. The number of aryl methyl sites for hydroxylation is 1. The minimum absolute atomic E-state index is 0.138. The number of methoxy groups -OCH3 is 1. The Morgan fingerprint density at radius 1 is 1.08 bits per heavy atom. The van der Waals surface area contributed by atoms with Gasteiger partial charge in [-0.1, -0.05) is 35.3 Å². The van der Waals surface area contributed by atoms with Crippen molar-refractivity contribution < 1.29 is 9.84 Å². The van der Waals surface area contributed by atoms with Crippen LogP contribution in [0.15, 0.2) is 36.5 Å². The summed E-state index contributed by atoms with van der Waals surface area (Å²) >= 11 is 12.7. The highest BCUT2D eigenvalue weighted by atomic mass is 35.5. The second-order valence-corrected chi connectivity index (χ2v) is 5.85. The SMILES string of the molecule is COc1cnc(-c2c(Cl)nnc(C)c2-c2cccc(O)c2)c(Cl)c1. The first-order chi connectivity index (χ1) is 11.5. The van der Waals surface area contributed by atoms with Crippen LogP contribution in [0, 0.1) is 6.92 Å². The van der Waals surface area contributed by atoms with Gasteiger partial charge in [-0.3, -0.25) is 4.98 Å². The molecule has 1 aromatic carbocycles. The zero-order chi connectivity index (χ0) is 17.3. The number of hydrogen-bond donors (Lipinski definition) is 1. The van der Waals surface area contributed by atoms with Crippen LogP contribution < -0.4 is 4.74 Å². The molecule has 0 aliphatic carbocycles. The van der Waals surface area contributed by atoms with Gasteiger partial charge in [-0.15, -0.1) is 5.10 Å². The minimum Gasteiger partial charge on any atom is -0.508 e. The fourth-order valence-corrected chi connectivity index (χ4v) is 2.92. The summed E-state index contributed by atoms with van der Waals surface area (Å²) in [6, 6.07) is 8.46. The number of phenolic OH excluding ortho intramolecular Hbond substituents is 1. The number of hydrogen-bond acceptors (Lipinski definition) is 5. The van der Waals surface area contributed by atoms with Gasteiger partial charge in [-0.2, -0.15) is 5.10 Å². The zero-order valence-electron chi connectivity index (χ0n) is 12.9. The molecule has 24 heavy (non-hydrogen) atoms. The maximum absolute atomic E-state index is 9.79. The average molecular weight is 362 g/mol. The van der Waals surface area contributed by atoms with Crippen LogP contribution in [0.1, 0.15) is 5.69 Å². The lowest BCUT2D eigenvalue weighted by molar-refractivity contribution is 0.413. The third-order valence-electron chi connectivity index (χ3n) is 3.53. The molecule has 0 atom stereocenters. The predicted molar refractivity (Wildman–Crippen MR) is 93.7 cm³/mol. The summed E-state index contributed by atoms with van der Waals surface area (Å²) in [6.45, 7) is 1.81. The molecule has 0 radical (unpaired) electrons. The third-order valence-corrected chi connectivity index (χ3v) is 4.08. The third kappa shape index (κ3) is 3.00. The highest BCUT2D eigenvalue weighted by Gasteiger charge is 2.20. The molecule has 5 nitrogen and oxygen atoms in total. The lowest BCUT2D eigenvalue weighted by Gasteiger charge is -2.14. The molecular formula is C17H13Cl2N3O2. The number of nitrogens with zero attached hydrogens (tertiary/aromatic N) is 3.